The van der Waals surface area contributed by atoms with Crippen LogP contribution in [0, 0.1) is 12.7 Å². The molecule has 3 heterocycles. The SMILES string of the molecule is Cc1c(S(C)(=O)=O)c(-c2cc(F)cc(N3CCN(c4ccc(NS(=O)(=O)c5ccc(N[C@H](CCN6CCC(NC(C)C)CC6)CSc6ccccc6)c([S+](N)[O-])c5)cc4)CC3)c2)c(-c2ccc(Cl)cc2)n1C(C)C. The van der Waals surface area contributed by atoms with E-state index >= 15 is 4.39 Å². The Bertz CT molecular complexity index is 3090. The molecule has 19 heteroatoms. The van der Waals surface area contributed by atoms with Gasteiger partial charge in [-0.2, -0.15) is 0 Å². The summed E-state index contributed by atoms with van der Waals surface area (Å²) in [4.78, 5) is 8.20. The van der Waals surface area contributed by atoms with Crippen LogP contribution in [0.4, 0.5) is 27.1 Å². The van der Waals surface area contributed by atoms with E-state index in [1.165, 1.54) is 30.5 Å². The number of anilines is 4. The first-order valence-electron chi connectivity index (χ1n) is 25.1. The summed E-state index contributed by atoms with van der Waals surface area (Å²) in [6.45, 7) is 15.3. The second-order valence-electron chi connectivity index (χ2n) is 19.9. The van der Waals surface area contributed by atoms with Crippen molar-refractivity contribution in [3.63, 3.8) is 0 Å². The number of hydrogen-bond acceptors (Lipinski definition) is 12. The number of nitrogens with two attached hydrogens (primary N) is 1. The van der Waals surface area contributed by atoms with Crippen molar-refractivity contribution in [1.82, 2.24) is 14.8 Å². The van der Waals surface area contributed by atoms with Gasteiger partial charge in [0.05, 0.1) is 32.5 Å². The lowest BCUT2D eigenvalue weighted by atomic mass is 9.99. The summed E-state index contributed by atoms with van der Waals surface area (Å²) in [5.74, 6) is 0.258. The largest absolute Gasteiger partial charge is 0.593 e. The molecule has 13 nitrogen and oxygen atoms in total. The Morgan fingerprint density at radius 3 is 2.07 bits per heavy atom. The van der Waals surface area contributed by atoms with Crippen molar-refractivity contribution < 1.29 is 25.8 Å². The number of piperidine rings is 1. The third-order valence-corrected chi connectivity index (χ3v) is 18.5. The predicted octanol–water partition coefficient (Wildman–Crippen LogP) is 10.4. The molecule has 8 rings (SSSR count). The van der Waals surface area contributed by atoms with Gasteiger partial charge in [0.25, 0.3) is 10.0 Å². The van der Waals surface area contributed by atoms with E-state index in [1.807, 2.05) is 66.9 Å². The zero-order chi connectivity index (χ0) is 52.9. The minimum Gasteiger partial charge on any atom is -0.593 e. The number of nitrogens with zero attached hydrogens (tertiary/aromatic N) is 4. The first-order valence-corrected chi connectivity index (χ1v) is 31.1. The number of aromatic nitrogens is 1. The first kappa shape index (κ1) is 55.5. The van der Waals surface area contributed by atoms with Crippen LogP contribution in [0.5, 0.6) is 0 Å². The fourth-order valence-electron chi connectivity index (χ4n) is 10.2. The lowest BCUT2D eigenvalue weighted by molar-refractivity contribution is 0.190. The summed E-state index contributed by atoms with van der Waals surface area (Å²) in [7, 11) is -7.87. The monoisotopic (exact) mass is 1100 g/mol. The Kier molecular flexibility index (Phi) is 18.0. The molecule has 74 heavy (non-hydrogen) atoms. The van der Waals surface area contributed by atoms with Crippen LogP contribution in [-0.2, 0) is 31.2 Å². The van der Waals surface area contributed by atoms with Gasteiger partial charge in [-0.25, -0.2) is 21.2 Å². The molecule has 1 aromatic heterocycles. The third-order valence-electron chi connectivity index (χ3n) is 13.7. The molecule has 6 aromatic rings. The number of hydrogen-bond donors (Lipinski definition) is 4. The molecule has 5 N–H and O–H groups in total. The van der Waals surface area contributed by atoms with Crippen LogP contribution in [0.2, 0.25) is 5.02 Å². The van der Waals surface area contributed by atoms with E-state index in [4.69, 9.17) is 16.7 Å². The number of piperazine rings is 1. The smallest absolute Gasteiger partial charge is 0.262 e. The minimum atomic E-state index is -4.11. The standard InChI is InChI=1S/C55H68ClFN8O5S4/c1-37(2)59-44-22-25-62(26-23-44)27-24-46(36-71-49-10-8-7-9-11-49)60-51-21-20-50(35-52(51)72(58)66)74(69,70)61-45-16-18-47(19-17-45)63-28-30-64(31-29-63)48-33-41(32-43(57)34-48)53-54(40-12-14-42(56)15-13-40)65(38(3)4)39(5)55(53)73(6,67)68/h7-21,32-35,37-38,44,46,59-61H,22-31,36,58H2,1-6H3/t46-,72?/m1/s1. The molecule has 2 aliphatic rings. The van der Waals surface area contributed by atoms with Gasteiger partial charge in [-0.1, -0.05) is 55.8 Å². The van der Waals surface area contributed by atoms with Crippen LogP contribution in [0.25, 0.3) is 22.4 Å². The van der Waals surface area contributed by atoms with Gasteiger partial charge in [-0.3, -0.25) is 4.72 Å². The topological polar surface area (TPSA) is 168 Å². The molecule has 0 aliphatic carbocycles. The molecule has 2 fully saturated rings. The summed E-state index contributed by atoms with van der Waals surface area (Å²) >= 11 is 6.02. The summed E-state index contributed by atoms with van der Waals surface area (Å²) < 4.78 is 88.3. The molecule has 0 saturated carbocycles. The second-order valence-corrected chi connectivity index (χ2v) is 26.1. The molecule has 0 spiro atoms. The van der Waals surface area contributed by atoms with E-state index in [-0.39, 0.29) is 26.8 Å². The van der Waals surface area contributed by atoms with E-state index < -0.39 is 37.0 Å². The molecule has 0 amide bonds. The van der Waals surface area contributed by atoms with Crippen molar-refractivity contribution in [3.05, 3.63) is 132 Å². The van der Waals surface area contributed by atoms with Gasteiger partial charge >= 0.3 is 0 Å². The number of benzene rings is 5. The van der Waals surface area contributed by atoms with Gasteiger partial charge in [0.15, 0.2) is 14.7 Å². The highest BCUT2D eigenvalue weighted by Crippen LogP contribution is 2.45. The molecule has 396 valence electrons. The fourth-order valence-corrected chi connectivity index (χ4v) is 14.3. The Hall–Kier alpha value is -4.76. The molecular weight excluding hydrogens is 1040 g/mol. The number of likely N-dealkylation sites (tertiary alicyclic amines) is 1. The molecule has 0 bridgehead atoms. The van der Waals surface area contributed by atoms with Crippen molar-refractivity contribution in [1.29, 1.82) is 0 Å². The maximum Gasteiger partial charge on any atom is 0.262 e. The molecule has 0 radical (unpaired) electrons. The number of halogens is 2. The van der Waals surface area contributed by atoms with E-state index in [9.17, 15) is 21.4 Å². The highest BCUT2D eigenvalue weighted by Gasteiger charge is 2.31. The van der Waals surface area contributed by atoms with Crippen molar-refractivity contribution in [2.45, 2.75) is 97.6 Å². The fraction of sp³-hybridized carbons (Fsp3) is 0.382. The zero-order valence-electron chi connectivity index (χ0n) is 42.9. The van der Waals surface area contributed by atoms with E-state index in [1.54, 1.807) is 49.0 Å². The molecule has 5 aromatic carbocycles. The van der Waals surface area contributed by atoms with E-state index in [2.05, 4.69) is 56.0 Å². The van der Waals surface area contributed by atoms with Gasteiger partial charge in [0, 0.05) is 113 Å². The Morgan fingerprint density at radius 2 is 1.46 bits per heavy atom. The van der Waals surface area contributed by atoms with Gasteiger partial charge < -0.3 is 34.5 Å². The summed E-state index contributed by atoms with van der Waals surface area (Å²) in [6, 6.07) is 34.7. The van der Waals surface area contributed by atoms with E-state index in [0.717, 1.165) is 60.8 Å². The third kappa shape index (κ3) is 13.6. The Labute approximate surface area is 449 Å². The number of sulfonamides is 1. The Balaban J connectivity index is 0.935. The average molecular weight is 1100 g/mol. The summed E-state index contributed by atoms with van der Waals surface area (Å²) in [5, 5.41) is 13.8. The highest BCUT2D eigenvalue weighted by atomic mass is 35.5. The van der Waals surface area contributed by atoms with Crippen molar-refractivity contribution in [2.24, 2.45) is 5.14 Å². The van der Waals surface area contributed by atoms with Crippen molar-refractivity contribution >= 4 is 77.3 Å². The molecular formula is C55H68ClFN8O5S4. The van der Waals surface area contributed by atoms with Crippen LogP contribution in [0.15, 0.2) is 135 Å². The van der Waals surface area contributed by atoms with Gasteiger partial charge in [0.1, 0.15) is 5.82 Å². The van der Waals surface area contributed by atoms with Crippen LogP contribution < -0.4 is 30.3 Å². The van der Waals surface area contributed by atoms with Crippen molar-refractivity contribution in [2.75, 3.05) is 77.7 Å². The summed E-state index contributed by atoms with van der Waals surface area (Å²) in [6.07, 6.45) is 4.22. The van der Waals surface area contributed by atoms with Crippen LogP contribution in [-0.4, -0.2) is 107 Å². The number of nitrogens with one attached hydrogen (secondary N) is 3. The second kappa shape index (κ2) is 24.1. The molecule has 2 atom stereocenters. The minimum absolute atomic E-state index is 0.0183. The normalized spacial score (nSPS) is 16.0. The van der Waals surface area contributed by atoms with Crippen LogP contribution >= 0.6 is 23.4 Å². The van der Waals surface area contributed by atoms with Gasteiger partial charge in [-0.05, 0) is 143 Å². The molecule has 2 aliphatic heterocycles. The first-order chi connectivity index (χ1) is 35.2. The molecule has 2 saturated heterocycles. The van der Waals surface area contributed by atoms with Gasteiger partial charge in [-0.15, -0.1) is 16.9 Å². The molecule has 1 unspecified atom stereocenters. The lowest BCUT2D eigenvalue weighted by Crippen LogP contribution is -2.46. The highest BCUT2D eigenvalue weighted by molar-refractivity contribution is 7.99. The van der Waals surface area contributed by atoms with E-state index in [0.29, 0.717) is 82.9 Å². The average Bonchev–Trinajstić information content (AvgIpc) is 3.69. The lowest BCUT2D eigenvalue weighted by Gasteiger charge is -2.37. The van der Waals surface area contributed by atoms with Crippen LogP contribution in [0.3, 0.4) is 0 Å². The Morgan fingerprint density at radius 1 is 0.811 bits per heavy atom. The van der Waals surface area contributed by atoms with Crippen molar-refractivity contribution in [3.8, 4) is 22.4 Å². The predicted molar refractivity (Wildman–Crippen MR) is 304 cm³/mol. The maximum atomic E-state index is 15.8. The zero-order valence-corrected chi connectivity index (χ0v) is 46.9. The quantitative estimate of drug-likeness (QED) is 0.0423. The maximum absolute atomic E-state index is 15.8. The number of rotatable bonds is 20. The summed E-state index contributed by atoms with van der Waals surface area (Å²) in [5.41, 5.74) is 5.33. The van der Waals surface area contributed by atoms with Gasteiger partial charge in [0.2, 0.25) is 0 Å². The number of sulfone groups is 1. The van der Waals surface area contributed by atoms with Crippen LogP contribution in [0.1, 0.15) is 58.7 Å². The number of thioether (sulfide) groups is 1.